The molecule has 0 unspecified atom stereocenters. The second kappa shape index (κ2) is 7.70. The van der Waals surface area contributed by atoms with Crippen molar-refractivity contribution in [1.82, 2.24) is 5.32 Å². The van der Waals surface area contributed by atoms with Crippen LogP contribution in [0.2, 0.25) is 0 Å². The highest BCUT2D eigenvalue weighted by Crippen LogP contribution is 2.32. The first kappa shape index (κ1) is 16.1. The van der Waals surface area contributed by atoms with E-state index in [0.29, 0.717) is 36.9 Å². The van der Waals surface area contributed by atoms with Crippen LogP contribution >= 0.6 is 0 Å². The van der Waals surface area contributed by atoms with Gasteiger partial charge in [0.1, 0.15) is 19.0 Å². The topological polar surface area (TPSA) is 68.8 Å². The first-order valence-corrected chi connectivity index (χ1v) is 7.78. The van der Waals surface area contributed by atoms with Crippen molar-refractivity contribution in [2.24, 2.45) is 0 Å². The lowest BCUT2D eigenvalue weighted by molar-refractivity contribution is -0.115. The van der Waals surface area contributed by atoms with Crippen molar-refractivity contribution in [3.63, 3.8) is 0 Å². The Bertz CT molecular complexity index is 701. The molecule has 0 atom stereocenters. The fourth-order valence-corrected chi connectivity index (χ4v) is 2.39. The van der Waals surface area contributed by atoms with Crippen molar-refractivity contribution >= 4 is 11.6 Å². The van der Waals surface area contributed by atoms with Gasteiger partial charge in [0.05, 0.1) is 13.7 Å². The molecule has 24 heavy (non-hydrogen) atoms. The fraction of sp³-hybridized carbons (Fsp3) is 0.278. The number of hydrogen-bond donors (Lipinski definition) is 2. The molecular formula is C18H20N2O4. The van der Waals surface area contributed by atoms with Crippen LogP contribution in [-0.2, 0) is 11.3 Å². The molecule has 0 bridgehead atoms. The van der Waals surface area contributed by atoms with Crippen molar-refractivity contribution in [2.75, 3.05) is 32.2 Å². The average molecular weight is 328 g/mol. The van der Waals surface area contributed by atoms with Crippen LogP contribution in [0, 0.1) is 0 Å². The molecule has 1 amide bonds. The summed E-state index contributed by atoms with van der Waals surface area (Å²) in [6.07, 6.45) is 0. The Balaban J connectivity index is 1.47. The number of hydrogen-bond acceptors (Lipinski definition) is 5. The summed E-state index contributed by atoms with van der Waals surface area (Å²) < 4.78 is 16.1. The second-order valence-electron chi connectivity index (χ2n) is 5.36. The van der Waals surface area contributed by atoms with Crippen LogP contribution in [0.25, 0.3) is 0 Å². The maximum atomic E-state index is 12.0. The van der Waals surface area contributed by atoms with Gasteiger partial charge in [0.2, 0.25) is 5.91 Å². The van der Waals surface area contributed by atoms with Crippen LogP contribution in [0.1, 0.15) is 5.56 Å². The molecule has 2 N–H and O–H groups in total. The van der Waals surface area contributed by atoms with E-state index >= 15 is 0 Å². The third kappa shape index (κ3) is 4.17. The Morgan fingerprint density at radius 3 is 2.58 bits per heavy atom. The standard InChI is InChI=1S/C18H20N2O4/c1-22-15-5-2-13(3-6-15)11-19-12-18(21)20-14-4-7-16-17(10-14)24-9-8-23-16/h2-7,10,19H,8-9,11-12H2,1H3,(H,20,21). The van der Waals surface area contributed by atoms with Crippen molar-refractivity contribution in [2.45, 2.75) is 6.54 Å². The second-order valence-corrected chi connectivity index (χ2v) is 5.36. The molecule has 2 aromatic carbocycles. The van der Waals surface area contributed by atoms with Crippen LogP contribution in [0.15, 0.2) is 42.5 Å². The van der Waals surface area contributed by atoms with Crippen molar-refractivity contribution < 1.29 is 19.0 Å². The molecule has 126 valence electrons. The number of carbonyl (C=O) groups excluding carboxylic acids is 1. The van der Waals surface area contributed by atoms with E-state index in [1.807, 2.05) is 24.3 Å². The van der Waals surface area contributed by atoms with Gasteiger partial charge in [0, 0.05) is 18.3 Å². The van der Waals surface area contributed by atoms with Gasteiger partial charge in [-0.1, -0.05) is 12.1 Å². The van der Waals surface area contributed by atoms with Crippen LogP contribution in [0.5, 0.6) is 17.2 Å². The van der Waals surface area contributed by atoms with Gasteiger partial charge in [-0.3, -0.25) is 4.79 Å². The van der Waals surface area contributed by atoms with E-state index in [9.17, 15) is 4.79 Å². The summed E-state index contributed by atoms with van der Waals surface area (Å²) >= 11 is 0. The lowest BCUT2D eigenvalue weighted by atomic mass is 10.2. The predicted octanol–water partition coefficient (Wildman–Crippen LogP) is 2.19. The van der Waals surface area contributed by atoms with E-state index < -0.39 is 0 Å². The van der Waals surface area contributed by atoms with Gasteiger partial charge in [-0.25, -0.2) is 0 Å². The SMILES string of the molecule is COc1ccc(CNCC(=O)Nc2ccc3c(c2)OCCO3)cc1. The van der Waals surface area contributed by atoms with Gasteiger partial charge in [-0.05, 0) is 29.8 Å². The maximum absolute atomic E-state index is 12.0. The molecule has 0 radical (unpaired) electrons. The van der Waals surface area contributed by atoms with E-state index in [-0.39, 0.29) is 12.5 Å². The molecular weight excluding hydrogens is 308 g/mol. The van der Waals surface area contributed by atoms with E-state index in [1.165, 1.54) is 0 Å². The number of amides is 1. The van der Waals surface area contributed by atoms with Gasteiger partial charge >= 0.3 is 0 Å². The molecule has 1 aliphatic heterocycles. The molecule has 0 aliphatic carbocycles. The fourth-order valence-electron chi connectivity index (χ4n) is 2.39. The Morgan fingerprint density at radius 1 is 1.08 bits per heavy atom. The first-order chi connectivity index (χ1) is 11.7. The first-order valence-electron chi connectivity index (χ1n) is 7.78. The van der Waals surface area contributed by atoms with Crippen LogP contribution in [0.4, 0.5) is 5.69 Å². The Hall–Kier alpha value is -2.73. The molecule has 1 aliphatic rings. The summed E-state index contributed by atoms with van der Waals surface area (Å²) in [5, 5.41) is 5.95. The summed E-state index contributed by atoms with van der Waals surface area (Å²) in [5.41, 5.74) is 1.78. The zero-order valence-corrected chi connectivity index (χ0v) is 13.5. The molecule has 2 aromatic rings. The lowest BCUT2D eigenvalue weighted by Crippen LogP contribution is -2.27. The summed E-state index contributed by atoms with van der Waals surface area (Å²) in [7, 11) is 1.63. The van der Waals surface area contributed by atoms with E-state index in [2.05, 4.69) is 10.6 Å². The minimum Gasteiger partial charge on any atom is -0.497 e. The highest BCUT2D eigenvalue weighted by molar-refractivity contribution is 5.92. The zero-order chi connectivity index (χ0) is 16.8. The van der Waals surface area contributed by atoms with Crippen LogP contribution < -0.4 is 24.8 Å². The Kier molecular flexibility index (Phi) is 5.18. The number of anilines is 1. The predicted molar refractivity (Wildman–Crippen MR) is 90.8 cm³/mol. The number of carbonyl (C=O) groups is 1. The van der Waals surface area contributed by atoms with Gasteiger partial charge in [-0.2, -0.15) is 0 Å². The van der Waals surface area contributed by atoms with Crippen molar-refractivity contribution in [3.05, 3.63) is 48.0 Å². The summed E-state index contributed by atoms with van der Waals surface area (Å²) in [5.74, 6) is 2.07. The summed E-state index contributed by atoms with van der Waals surface area (Å²) in [6, 6.07) is 13.1. The molecule has 6 heteroatoms. The minimum atomic E-state index is -0.111. The molecule has 0 spiro atoms. The summed E-state index contributed by atoms with van der Waals surface area (Å²) in [6.45, 7) is 1.90. The Morgan fingerprint density at radius 2 is 1.83 bits per heavy atom. The normalized spacial score (nSPS) is 12.5. The van der Waals surface area contributed by atoms with E-state index in [1.54, 1.807) is 25.3 Å². The molecule has 1 heterocycles. The van der Waals surface area contributed by atoms with Crippen molar-refractivity contribution in [3.8, 4) is 17.2 Å². The molecule has 0 aromatic heterocycles. The molecule has 0 saturated heterocycles. The van der Waals surface area contributed by atoms with E-state index in [0.717, 1.165) is 11.3 Å². The van der Waals surface area contributed by atoms with Crippen molar-refractivity contribution in [1.29, 1.82) is 0 Å². The zero-order valence-electron chi connectivity index (χ0n) is 13.5. The quantitative estimate of drug-likeness (QED) is 0.851. The summed E-state index contributed by atoms with van der Waals surface area (Å²) in [4.78, 5) is 12.0. The molecule has 0 fully saturated rings. The average Bonchev–Trinajstić information content (AvgIpc) is 2.62. The molecule has 3 rings (SSSR count). The van der Waals surface area contributed by atoms with Gasteiger partial charge in [-0.15, -0.1) is 0 Å². The Labute approximate surface area is 140 Å². The number of ether oxygens (including phenoxy) is 3. The smallest absolute Gasteiger partial charge is 0.238 e. The highest BCUT2D eigenvalue weighted by atomic mass is 16.6. The van der Waals surface area contributed by atoms with Gasteiger partial charge in [0.15, 0.2) is 11.5 Å². The largest absolute Gasteiger partial charge is 0.497 e. The third-order valence-corrected chi connectivity index (χ3v) is 3.60. The number of fused-ring (bicyclic) bond motifs is 1. The highest BCUT2D eigenvalue weighted by Gasteiger charge is 2.12. The number of benzene rings is 2. The molecule has 6 nitrogen and oxygen atoms in total. The molecule has 0 saturated carbocycles. The number of nitrogens with one attached hydrogen (secondary N) is 2. The van der Waals surface area contributed by atoms with Gasteiger partial charge in [0.25, 0.3) is 0 Å². The number of methoxy groups -OCH3 is 1. The van der Waals surface area contributed by atoms with Crippen LogP contribution in [0.3, 0.4) is 0 Å². The van der Waals surface area contributed by atoms with Crippen LogP contribution in [-0.4, -0.2) is 32.8 Å². The lowest BCUT2D eigenvalue weighted by Gasteiger charge is -2.19. The monoisotopic (exact) mass is 328 g/mol. The maximum Gasteiger partial charge on any atom is 0.238 e. The number of rotatable bonds is 6. The van der Waals surface area contributed by atoms with Gasteiger partial charge < -0.3 is 24.8 Å². The minimum absolute atomic E-state index is 0.111. The van der Waals surface area contributed by atoms with E-state index in [4.69, 9.17) is 14.2 Å². The third-order valence-electron chi connectivity index (χ3n) is 3.60.